The number of halogens is 1. The Morgan fingerprint density at radius 1 is 1.48 bits per heavy atom. The lowest BCUT2D eigenvalue weighted by molar-refractivity contribution is -0.150. The van der Waals surface area contributed by atoms with Crippen LogP contribution in [0.25, 0.3) is 0 Å². The Balaban J connectivity index is 1.77. The second-order valence-electron chi connectivity index (χ2n) is 5.98. The molecule has 0 aliphatic carbocycles. The molecule has 0 radical (unpaired) electrons. The minimum absolute atomic E-state index is 0.0216. The first kappa shape index (κ1) is 16.3. The third-order valence-corrected chi connectivity index (χ3v) is 5.18. The van der Waals surface area contributed by atoms with Crippen molar-refractivity contribution in [2.24, 2.45) is 5.92 Å². The summed E-state index contributed by atoms with van der Waals surface area (Å²) in [6, 6.07) is 7.53. The summed E-state index contributed by atoms with van der Waals surface area (Å²) in [5.74, 6) is -0.130. The first-order valence-corrected chi connectivity index (χ1v) is 8.98. The zero-order chi connectivity index (χ0) is 16.4. The van der Waals surface area contributed by atoms with E-state index in [0.717, 1.165) is 29.4 Å². The van der Waals surface area contributed by atoms with Crippen molar-refractivity contribution in [2.75, 3.05) is 5.32 Å². The van der Waals surface area contributed by atoms with Crippen LogP contribution in [0.4, 0.5) is 10.8 Å². The quantitative estimate of drug-likeness (QED) is 0.760. The summed E-state index contributed by atoms with van der Waals surface area (Å²) in [6.45, 7) is 4.02. The van der Waals surface area contributed by atoms with Crippen LogP contribution in [-0.2, 0) is 15.1 Å². The predicted molar refractivity (Wildman–Crippen MR) is 93.3 cm³/mol. The van der Waals surface area contributed by atoms with Gasteiger partial charge < -0.3 is 10.1 Å². The van der Waals surface area contributed by atoms with Crippen molar-refractivity contribution in [1.29, 1.82) is 0 Å². The molecule has 1 aromatic carbocycles. The molecule has 1 saturated heterocycles. The van der Waals surface area contributed by atoms with E-state index in [1.807, 2.05) is 36.6 Å². The average Bonchev–Trinajstić information content (AvgIpc) is 3.08. The lowest BCUT2D eigenvalue weighted by Crippen LogP contribution is -2.21. The smallest absolute Gasteiger partial charge is 0.310 e. The van der Waals surface area contributed by atoms with E-state index < -0.39 is 5.60 Å². The summed E-state index contributed by atoms with van der Waals surface area (Å²) in [7, 11) is 0. The monoisotopic (exact) mass is 350 g/mol. The SMILES string of the molecule is CCC[C@H]1C[C@@](C)(c2csc(Nc3ccccc3Cl)n2)OC1=O. The van der Waals surface area contributed by atoms with Crippen molar-refractivity contribution in [3.63, 3.8) is 0 Å². The lowest BCUT2D eigenvalue weighted by Gasteiger charge is -2.19. The highest BCUT2D eigenvalue weighted by molar-refractivity contribution is 7.13. The summed E-state index contributed by atoms with van der Waals surface area (Å²) < 4.78 is 5.64. The zero-order valence-electron chi connectivity index (χ0n) is 13.1. The summed E-state index contributed by atoms with van der Waals surface area (Å²) >= 11 is 7.64. The average molecular weight is 351 g/mol. The van der Waals surface area contributed by atoms with Crippen LogP contribution in [0.5, 0.6) is 0 Å². The number of esters is 1. The normalized spacial score (nSPS) is 23.8. The zero-order valence-corrected chi connectivity index (χ0v) is 14.7. The maximum Gasteiger partial charge on any atom is 0.310 e. The number of hydrogen-bond acceptors (Lipinski definition) is 5. The molecule has 0 unspecified atom stereocenters. The Hall–Kier alpha value is -1.59. The molecule has 1 N–H and O–H groups in total. The van der Waals surface area contributed by atoms with Gasteiger partial charge in [0.2, 0.25) is 0 Å². The Morgan fingerprint density at radius 2 is 2.26 bits per heavy atom. The molecular formula is C17H19ClN2O2S. The number of cyclic esters (lactones) is 1. The molecule has 1 aromatic heterocycles. The van der Waals surface area contributed by atoms with E-state index in [2.05, 4.69) is 17.2 Å². The van der Waals surface area contributed by atoms with Crippen LogP contribution in [0.1, 0.15) is 38.8 Å². The maximum absolute atomic E-state index is 12.0. The minimum Gasteiger partial charge on any atom is -0.453 e. The number of aromatic nitrogens is 1. The standard InChI is InChI=1S/C17H19ClN2O2S/c1-3-6-11-9-17(2,22-15(11)21)14-10-23-16(20-14)19-13-8-5-4-7-12(13)18/h4-5,7-8,10-11H,3,6,9H2,1-2H3,(H,19,20)/t11-,17-/m0/s1. The van der Waals surface area contributed by atoms with Crippen molar-refractivity contribution < 1.29 is 9.53 Å². The van der Waals surface area contributed by atoms with Gasteiger partial charge in [0.25, 0.3) is 0 Å². The van der Waals surface area contributed by atoms with Crippen LogP contribution < -0.4 is 5.32 Å². The van der Waals surface area contributed by atoms with Crippen LogP contribution in [-0.4, -0.2) is 11.0 Å². The molecule has 1 fully saturated rings. The van der Waals surface area contributed by atoms with E-state index in [1.165, 1.54) is 11.3 Å². The summed E-state index contributed by atoms with van der Waals surface area (Å²) in [5.41, 5.74) is 0.977. The molecule has 0 bridgehead atoms. The van der Waals surface area contributed by atoms with E-state index in [0.29, 0.717) is 11.4 Å². The van der Waals surface area contributed by atoms with Crippen molar-refractivity contribution in [3.8, 4) is 0 Å². The molecule has 122 valence electrons. The van der Waals surface area contributed by atoms with Gasteiger partial charge in [0.15, 0.2) is 10.7 Å². The number of ether oxygens (including phenoxy) is 1. The summed E-state index contributed by atoms with van der Waals surface area (Å²) in [4.78, 5) is 16.6. The highest BCUT2D eigenvalue weighted by Gasteiger charge is 2.45. The van der Waals surface area contributed by atoms with Gasteiger partial charge in [0.1, 0.15) is 0 Å². The Labute approximate surface area is 144 Å². The van der Waals surface area contributed by atoms with Gasteiger partial charge in [-0.2, -0.15) is 0 Å². The Morgan fingerprint density at radius 3 is 3.00 bits per heavy atom. The highest BCUT2D eigenvalue weighted by Crippen LogP contribution is 2.42. The number of benzene rings is 1. The third kappa shape index (κ3) is 3.35. The fraction of sp³-hybridized carbons (Fsp3) is 0.412. The van der Waals surface area contributed by atoms with E-state index in [9.17, 15) is 4.79 Å². The van der Waals surface area contributed by atoms with Gasteiger partial charge in [-0.05, 0) is 25.5 Å². The number of thiazole rings is 1. The van der Waals surface area contributed by atoms with E-state index >= 15 is 0 Å². The van der Waals surface area contributed by atoms with E-state index in [4.69, 9.17) is 16.3 Å². The van der Waals surface area contributed by atoms with Crippen molar-refractivity contribution in [3.05, 3.63) is 40.4 Å². The number of rotatable bonds is 5. The molecule has 0 saturated carbocycles. The Bertz CT molecular complexity index is 718. The number of para-hydroxylation sites is 1. The minimum atomic E-state index is -0.631. The van der Waals surface area contributed by atoms with Crippen LogP contribution in [0.3, 0.4) is 0 Å². The van der Waals surface area contributed by atoms with Gasteiger partial charge in [-0.1, -0.05) is 37.1 Å². The van der Waals surface area contributed by atoms with Gasteiger partial charge in [0, 0.05) is 11.8 Å². The summed E-state index contributed by atoms with van der Waals surface area (Å²) in [5, 5.41) is 6.55. The van der Waals surface area contributed by atoms with Crippen LogP contribution in [0.2, 0.25) is 5.02 Å². The lowest BCUT2D eigenvalue weighted by atomic mass is 9.91. The van der Waals surface area contributed by atoms with Crippen LogP contribution >= 0.6 is 22.9 Å². The topological polar surface area (TPSA) is 51.2 Å². The highest BCUT2D eigenvalue weighted by atomic mass is 35.5. The van der Waals surface area contributed by atoms with Crippen molar-refractivity contribution in [2.45, 2.75) is 38.7 Å². The number of nitrogens with zero attached hydrogens (tertiary/aromatic N) is 1. The molecule has 4 nitrogen and oxygen atoms in total. The van der Waals surface area contributed by atoms with Gasteiger partial charge in [-0.15, -0.1) is 11.3 Å². The van der Waals surface area contributed by atoms with Gasteiger partial charge in [-0.25, -0.2) is 4.98 Å². The maximum atomic E-state index is 12.0. The molecule has 2 heterocycles. The Kier molecular flexibility index (Phi) is 4.60. The second kappa shape index (κ2) is 6.49. The largest absolute Gasteiger partial charge is 0.453 e. The van der Waals surface area contributed by atoms with Gasteiger partial charge in [-0.3, -0.25) is 4.79 Å². The van der Waals surface area contributed by atoms with Crippen LogP contribution in [0, 0.1) is 5.92 Å². The van der Waals surface area contributed by atoms with Gasteiger partial charge in [0.05, 0.1) is 22.3 Å². The number of carbonyl (C=O) groups excluding carboxylic acids is 1. The van der Waals surface area contributed by atoms with Crippen LogP contribution in [0.15, 0.2) is 29.6 Å². The molecule has 2 atom stereocenters. The van der Waals surface area contributed by atoms with Crippen molar-refractivity contribution >= 4 is 39.7 Å². The number of anilines is 2. The van der Waals surface area contributed by atoms with E-state index in [1.54, 1.807) is 0 Å². The molecular weight excluding hydrogens is 332 g/mol. The number of carbonyl (C=O) groups is 1. The van der Waals surface area contributed by atoms with Crippen molar-refractivity contribution in [1.82, 2.24) is 4.98 Å². The number of hydrogen-bond donors (Lipinski definition) is 1. The third-order valence-electron chi connectivity index (χ3n) is 4.09. The molecule has 3 rings (SSSR count). The first-order chi connectivity index (χ1) is 11.0. The molecule has 0 amide bonds. The fourth-order valence-electron chi connectivity index (χ4n) is 2.88. The molecule has 0 spiro atoms. The molecule has 6 heteroatoms. The second-order valence-corrected chi connectivity index (χ2v) is 7.25. The molecule has 1 aliphatic rings. The molecule has 2 aromatic rings. The molecule has 23 heavy (non-hydrogen) atoms. The van der Waals surface area contributed by atoms with Gasteiger partial charge >= 0.3 is 5.97 Å². The van der Waals surface area contributed by atoms with E-state index in [-0.39, 0.29) is 11.9 Å². The number of nitrogens with one attached hydrogen (secondary N) is 1. The molecule has 1 aliphatic heterocycles. The summed E-state index contributed by atoms with van der Waals surface area (Å²) in [6.07, 6.45) is 2.53. The fourth-order valence-corrected chi connectivity index (χ4v) is 3.91. The predicted octanol–water partition coefficient (Wildman–Crippen LogP) is 5.12. The first-order valence-electron chi connectivity index (χ1n) is 7.72.